The first-order chi connectivity index (χ1) is 32.2. The summed E-state index contributed by atoms with van der Waals surface area (Å²) < 4.78 is 8.96. The number of hydrogen-bond acceptors (Lipinski definition) is 6. The third-order valence-corrected chi connectivity index (χ3v) is 14.7. The summed E-state index contributed by atoms with van der Waals surface area (Å²) in [7, 11) is -1.38. The van der Waals surface area contributed by atoms with Crippen LogP contribution in [-0.2, 0) is 32.9 Å². The Hall–Kier alpha value is -5.60. The van der Waals surface area contributed by atoms with E-state index in [4.69, 9.17) is 24.4 Å². The van der Waals surface area contributed by atoms with Crippen LogP contribution in [0.3, 0.4) is 0 Å². The molecule has 6 heterocycles. The van der Waals surface area contributed by atoms with Gasteiger partial charge in [0, 0.05) is 49.3 Å². The van der Waals surface area contributed by atoms with Crippen LogP contribution in [-0.4, -0.2) is 37.6 Å². The summed E-state index contributed by atoms with van der Waals surface area (Å²) in [5.41, 5.74) is 17.8. The number of furan rings is 1. The molecule has 0 aliphatic rings. The van der Waals surface area contributed by atoms with Crippen LogP contribution < -0.4 is 5.19 Å². The molecule has 0 aliphatic carbocycles. The normalized spacial score (nSPS) is 12.1. The van der Waals surface area contributed by atoms with E-state index in [-0.39, 0.29) is 37.4 Å². The van der Waals surface area contributed by atoms with E-state index < -0.39 is 8.07 Å². The fourth-order valence-corrected chi connectivity index (χ4v) is 11.1. The quantitative estimate of drug-likeness (QED) is 0.100. The molecule has 9 heteroatoms. The molecule has 7 nitrogen and oxygen atoms in total. The Morgan fingerprint density at radius 1 is 0.725 bits per heavy atom. The van der Waals surface area contributed by atoms with E-state index in [1.807, 2.05) is 38.2 Å². The molecule has 0 unspecified atom stereocenters. The smallest absolute Gasteiger partial charge is 0.216 e. The predicted octanol–water partition coefficient (Wildman–Crippen LogP) is 15.3. The van der Waals surface area contributed by atoms with Crippen molar-refractivity contribution in [3.05, 3.63) is 149 Å². The molecule has 0 spiro atoms. The van der Waals surface area contributed by atoms with E-state index in [0.29, 0.717) is 11.6 Å². The molecular weight excluding hydrogens is 1040 g/mol. The second kappa shape index (κ2) is 20.4. The Morgan fingerprint density at radius 3 is 2.04 bits per heavy atom. The average Bonchev–Trinajstić information content (AvgIpc) is 3.84. The van der Waals surface area contributed by atoms with E-state index in [1.165, 1.54) is 33.0 Å². The summed E-state index contributed by atoms with van der Waals surface area (Å²) in [6.07, 6.45) is 5.92. The molecule has 1 radical (unpaired) electrons. The maximum atomic E-state index is 6.63. The fourth-order valence-electron chi connectivity index (χ4n) is 9.46. The van der Waals surface area contributed by atoms with Gasteiger partial charge in [0.2, 0.25) is 5.71 Å². The van der Waals surface area contributed by atoms with Gasteiger partial charge >= 0.3 is 0 Å². The van der Waals surface area contributed by atoms with E-state index in [9.17, 15) is 0 Å². The van der Waals surface area contributed by atoms with Gasteiger partial charge < -0.3 is 19.0 Å². The number of aromatic nitrogens is 6. The fraction of sp³-hybridized carbons (Fsp3) is 0.350. The molecule has 0 saturated heterocycles. The van der Waals surface area contributed by atoms with E-state index in [2.05, 4.69) is 183 Å². The molecule has 0 bridgehead atoms. The van der Waals surface area contributed by atoms with E-state index >= 15 is 0 Å². The number of benzene rings is 3. The molecular formula is C60H68IrN6OSi-2. The third-order valence-electron chi connectivity index (χ3n) is 12.6. The van der Waals surface area contributed by atoms with Crippen LogP contribution in [0.1, 0.15) is 114 Å². The van der Waals surface area contributed by atoms with E-state index in [0.717, 1.165) is 91.3 Å². The molecule has 9 rings (SSSR count). The van der Waals surface area contributed by atoms with Crippen molar-refractivity contribution in [1.29, 1.82) is 0 Å². The third kappa shape index (κ3) is 10.9. The average molecular weight is 1110 g/mol. The van der Waals surface area contributed by atoms with Gasteiger partial charge in [0.05, 0.1) is 36.2 Å². The molecule has 0 atom stereocenters. The maximum Gasteiger partial charge on any atom is 0.216 e. The van der Waals surface area contributed by atoms with Crippen molar-refractivity contribution in [3.8, 4) is 39.5 Å². The van der Waals surface area contributed by atoms with Gasteiger partial charge in [-0.25, -0.2) is 4.98 Å². The van der Waals surface area contributed by atoms with Crippen molar-refractivity contribution in [2.75, 3.05) is 0 Å². The topological polar surface area (TPSA) is 82.5 Å². The number of aryl methyl sites for hydroxylation is 3. The van der Waals surface area contributed by atoms with Crippen LogP contribution >= 0.6 is 0 Å². The first kappa shape index (κ1) is 51.3. The van der Waals surface area contributed by atoms with Gasteiger partial charge in [-0.3, -0.25) is 9.97 Å². The summed E-state index contributed by atoms with van der Waals surface area (Å²) in [6.45, 7) is 33.6. The molecule has 0 N–H and O–H groups in total. The van der Waals surface area contributed by atoms with Gasteiger partial charge in [-0.15, -0.1) is 35.9 Å². The minimum Gasteiger partial charge on any atom is -0.486 e. The van der Waals surface area contributed by atoms with Crippen LogP contribution in [0.2, 0.25) is 19.6 Å². The second-order valence-electron chi connectivity index (χ2n) is 21.9. The van der Waals surface area contributed by atoms with Crippen molar-refractivity contribution in [3.63, 3.8) is 0 Å². The van der Waals surface area contributed by atoms with Gasteiger partial charge in [0.1, 0.15) is 0 Å². The molecule has 359 valence electrons. The summed E-state index contributed by atoms with van der Waals surface area (Å²) in [5, 5.41) is 3.49. The van der Waals surface area contributed by atoms with Gasteiger partial charge in [-0.2, -0.15) is 0 Å². The Bertz CT molecular complexity index is 3250. The van der Waals surface area contributed by atoms with Crippen molar-refractivity contribution >= 4 is 46.4 Å². The second-order valence-corrected chi connectivity index (χ2v) is 26.9. The van der Waals surface area contributed by atoms with Crippen LogP contribution in [0, 0.1) is 44.2 Å². The first-order valence-electron chi connectivity index (χ1n) is 24.3. The Labute approximate surface area is 425 Å². The molecule has 9 aromatic rings. The Balaban J connectivity index is 0.000000258. The standard InChI is InChI=1S/C41H41N4O.C19H27N2Si.Ir/c1-24(2)33-21-28(27-13-10-9-11-14-27)22-34(25(3)4)37(33)45-36-26(5)42-20-19-35(36)44-39(45)32-16-12-15-30-31-18-17-29(23-41(6,7)8)43-40(31)46-38(30)32;1-13(2)10-16-11-18(20-12-19(16)22(5,6)7)17-9-8-14(3)21-15(17)4;/h9-15,17-22,24-25H,23H2,1-8H3;8,11-13H,10H2,1-7H3;/q2*-1;. The van der Waals surface area contributed by atoms with Gasteiger partial charge in [0.25, 0.3) is 0 Å². The molecule has 69 heavy (non-hydrogen) atoms. The molecule has 0 saturated carbocycles. The number of nitrogens with zero attached hydrogens (tertiary/aromatic N) is 6. The number of pyridine rings is 4. The molecule has 3 aromatic carbocycles. The minimum absolute atomic E-state index is 0. The number of rotatable bonds is 10. The van der Waals surface area contributed by atoms with Gasteiger partial charge in [-0.1, -0.05) is 149 Å². The van der Waals surface area contributed by atoms with Gasteiger partial charge in [-0.05, 0) is 118 Å². The van der Waals surface area contributed by atoms with Crippen LogP contribution in [0.4, 0.5) is 0 Å². The minimum atomic E-state index is -1.38. The molecule has 0 amide bonds. The largest absolute Gasteiger partial charge is 0.486 e. The number of hydrogen-bond donors (Lipinski definition) is 0. The summed E-state index contributed by atoms with van der Waals surface area (Å²) in [5.74, 6) is 1.96. The molecule has 0 aliphatic heterocycles. The monoisotopic (exact) mass is 1110 g/mol. The summed E-state index contributed by atoms with van der Waals surface area (Å²) in [4.78, 5) is 24.3. The predicted molar refractivity (Wildman–Crippen MR) is 287 cm³/mol. The zero-order chi connectivity index (χ0) is 48.8. The van der Waals surface area contributed by atoms with Crippen LogP contribution in [0.15, 0.2) is 102 Å². The maximum absolute atomic E-state index is 6.63. The zero-order valence-electron chi connectivity index (χ0n) is 43.3. The number of imidazole rings is 1. The summed E-state index contributed by atoms with van der Waals surface area (Å²) in [6, 6.07) is 36.8. The zero-order valence-corrected chi connectivity index (χ0v) is 46.7. The van der Waals surface area contributed by atoms with E-state index in [1.54, 1.807) is 0 Å². The van der Waals surface area contributed by atoms with Crippen LogP contribution in [0.25, 0.3) is 72.6 Å². The van der Waals surface area contributed by atoms with Crippen molar-refractivity contribution in [2.24, 2.45) is 11.3 Å². The van der Waals surface area contributed by atoms with Crippen molar-refractivity contribution in [1.82, 2.24) is 29.5 Å². The summed E-state index contributed by atoms with van der Waals surface area (Å²) >= 11 is 0. The SMILES string of the molecule is Cc1c[c-]c(-c2cc(CC(C)C)c([Si](C)(C)C)cn2)c(C)n1.Cc1nccc2nc(-c3[c-]ccc4c3oc3nc(CC(C)(C)C)ccc34)n(-c3c(C(C)C)cc(-c4ccccc4)cc3C(C)C)c12.[Ir]. The van der Waals surface area contributed by atoms with Crippen LogP contribution in [0.5, 0.6) is 0 Å². The Morgan fingerprint density at radius 2 is 1.42 bits per heavy atom. The molecule has 0 fully saturated rings. The molecule has 6 aromatic heterocycles. The van der Waals surface area contributed by atoms with Crippen molar-refractivity contribution in [2.45, 2.75) is 127 Å². The first-order valence-corrected chi connectivity index (χ1v) is 27.8. The van der Waals surface area contributed by atoms with Gasteiger partial charge in [0.15, 0.2) is 0 Å². The Kier molecular flexibility index (Phi) is 15.1. The number of fused-ring (bicyclic) bond motifs is 4. The van der Waals surface area contributed by atoms with Crippen molar-refractivity contribution < 1.29 is 24.5 Å².